The average molecular weight is 415 g/mol. The zero-order chi connectivity index (χ0) is 21.0. The number of rotatable bonds is 6. The van der Waals surface area contributed by atoms with Crippen molar-refractivity contribution in [3.05, 3.63) is 70.3 Å². The molecule has 0 atom stereocenters. The number of aromatic nitrogens is 3. The van der Waals surface area contributed by atoms with E-state index in [2.05, 4.69) is 15.4 Å². The lowest BCUT2D eigenvalue weighted by Gasteiger charge is -2.09. The Morgan fingerprint density at radius 3 is 2.52 bits per heavy atom. The number of amides is 1. The molecule has 0 radical (unpaired) electrons. The van der Waals surface area contributed by atoms with Gasteiger partial charge in [-0.3, -0.25) is 4.79 Å². The van der Waals surface area contributed by atoms with Crippen LogP contribution in [0.15, 0.2) is 42.5 Å². The monoisotopic (exact) mass is 414 g/mol. The number of halogens is 1. The van der Waals surface area contributed by atoms with E-state index in [1.165, 1.54) is 14.2 Å². The van der Waals surface area contributed by atoms with Crippen molar-refractivity contribution in [1.82, 2.24) is 20.1 Å². The molecule has 1 amide bonds. The Kier molecular flexibility index (Phi) is 6.13. The van der Waals surface area contributed by atoms with Crippen molar-refractivity contribution < 1.29 is 19.1 Å². The van der Waals surface area contributed by atoms with Crippen LogP contribution in [-0.4, -0.2) is 40.9 Å². The fourth-order valence-corrected chi connectivity index (χ4v) is 2.84. The summed E-state index contributed by atoms with van der Waals surface area (Å²) in [4.78, 5) is 28.6. The van der Waals surface area contributed by atoms with Gasteiger partial charge in [-0.1, -0.05) is 17.7 Å². The fourth-order valence-electron chi connectivity index (χ4n) is 2.71. The first-order chi connectivity index (χ1) is 13.9. The normalized spacial score (nSPS) is 10.5. The molecule has 0 saturated heterocycles. The molecule has 29 heavy (non-hydrogen) atoms. The second-order valence-electron chi connectivity index (χ2n) is 6.08. The largest absolute Gasteiger partial charge is 0.496 e. The highest BCUT2D eigenvalue weighted by molar-refractivity contribution is 6.30. The number of benzene rings is 2. The summed E-state index contributed by atoms with van der Waals surface area (Å²) in [5.74, 6) is 0.0465. The van der Waals surface area contributed by atoms with Crippen molar-refractivity contribution in [2.75, 3.05) is 14.2 Å². The number of nitrogens with one attached hydrogen (secondary N) is 1. The molecule has 0 unspecified atom stereocenters. The molecule has 3 rings (SSSR count). The lowest BCUT2D eigenvalue weighted by molar-refractivity contribution is 0.0597. The Morgan fingerprint density at radius 1 is 1.14 bits per heavy atom. The van der Waals surface area contributed by atoms with Gasteiger partial charge in [0.05, 0.1) is 19.9 Å². The lowest BCUT2D eigenvalue weighted by Crippen LogP contribution is -2.24. The van der Waals surface area contributed by atoms with Gasteiger partial charge in [0, 0.05) is 11.6 Å². The van der Waals surface area contributed by atoms with Crippen LogP contribution in [0.3, 0.4) is 0 Å². The number of nitrogens with zero attached hydrogens (tertiary/aromatic N) is 3. The molecule has 0 aliphatic carbocycles. The highest BCUT2D eigenvalue weighted by Crippen LogP contribution is 2.21. The molecule has 1 N–H and O–H groups in total. The Morgan fingerprint density at radius 2 is 1.86 bits per heavy atom. The quantitative estimate of drug-likeness (QED) is 0.623. The van der Waals surface area contributed by atoms with E-state index in [1.54, 1.807) is 54.1 Å². The smallest absolute Gasteiger partial charge is 0.341 e. The van der Waals surface area contributed by atoms with E-state index in [4.69, 9.17) is 21.1 Å². The summed E-state index contributed by atoms with van der Waals surface area (Å²) in [6, 6.07) is 12.0. The molecular weight excluding hydrogens is 396 g/mol. The highest BCUT2D eigenvalue weighted by Gasteiger charge is 2.17. The minimum Gasteiger partial charge on any atom is -0.496 e. The zero-order valence-electron chi connectivity index (χ0n) is 16.1. The first-order valence-electron chi connectivity index (χ1n) is 8.66. The van der Waals surface area contributed by atoms with E-state index in [0.717, 1.165) is 5.69 Å². The number of carbonyl (C=O) groups excluding carboxylic acids is 2. The number of hydrogen-bond acceptors (Lipinski definition) is 6. The predicted octanol–water partition coefficient (Wildman–Crippen LogP) is 2.95. The summed E-state index contributed by atoms with van der Waals surface area (Å²) >= 11 is 5.91. The number of carbonyl (C=O) groups is 2. The first kappa shape index (κ1) is 20.3. The maximum atomic E-state index is 12.5. The Hall–Kier alpha value is -3.39. The third kappa shape index (κ3) is 4.55. The van der Waals surface area contributed by atoms with Crippen LogP contribution in [0.1, 0.15) is 32.4 Å². The topological polar surface area (TPSA) is 95.3 Å². The third-order valence-corrected chi connectivity index (χ3v) is 4.42. The number of methoxy groups -OCH3 is 2. The maximum absolute atomic E-state index is 12.5. The summed E-state index contributed by atoms with van der Waals surface area (Å²) in [7, 11) is 2.76. The first-order valence-corrected chi connectivity index (χ1v) is 9.03. The Balaban J connectivity index is 1.74. The summed E-state index contributed by atoms with van der Waals surface area (Å²) < 4.78 is 11.5. The Bertz CT molecular complexity index is 1050. The lowest BCUT2D eigenvalue weighted by atomic mass is 10.1. The molecule has 0 aliphatic heterocycles. The van der Waals surface area contributed by atoms with Crippen molar-refractivity contribution in [1.29, 1.82) is 0 Å². The molecule has 0 bridgehead atoms. The van der Waals surface area contributed by atoms with Crippen LogP contribution in [0.2, 0.25) is 5.02 Å². The van der Waals surface area contributed by atoms with Crippen LogP contribution < -0.4 is 10.1 Å². The molecule has 1 aromatic heterocycles. The second kappa shape index (κ2) is 8.74. The molecule has 0 aliphatic rings. The van der Waals surface area contributed by atoms with E-state index < -0.39 is 11.9 Å². The maximum Gasteiger partial charge on any atom is 0.341 e. The van der Waals surface area contributed by atoms with Gasteiger partial charge in [-0.15, -0.1) is 5.10 Å². The minimum absolute atomic E-state index is 0.0409. The zero-order valence-corrected chi connectivity index (χ0v) is 16.9. The highest BCUT2D eigenvalue weighted by atomic mass is 35.5. The van der Waals surface area contributed by atoms with Crippen molar-refractivity contribution in [3.8, 4) is 11.4 Å². The van der Waals surface area contributed by atoms with Crippen LogP contribution in [0.25, 0.3) is 5.69 Å². The van der Waals surface area contributed by atoms with E-state index in [0.29, 0.717) is 22.2 Å². The van der Waals surface area contributed by atoms with Crippen molar-refractivity contribution in [3.63, 3.8) is 0 Å². The number of aryl methyl sites for hydroxylation is 1. The number of ether oxygens (including phenoxy) is 2. The van der Waals surface area contributed by atoms with Gasteiger partial charge in [0.15, 0.2) is 0 Å². The van der Waals surface area contributed by atoms with Gasteiger partial charge in [0.2, 0.25) is 5.82 Å². The second-order valence-corrected chi connectivity index (χ2v) is 6.52. The SMILES string of the molecule is COC(=O)c1cc(CNC(=O)c2nc(C)n(-c3ccc(Cl)cc3)n2)ccc1OC. The molecule has 0 saturated carbocycles. The predicted molar refractivity (Wildman–Crippen MR) is 107 cm³/mol. The van der Waals surface area contributed by atoms with Gasteiger partial charge in [-0.05, 0) is 48.9 Å². The Labute approximate surface area is 172 Å². The van der Waals surface area contributed by atoms with Crippen molar-refractivity contribution >= 4 is 23.5 Å². The molecule has 8 nitrogen and oxygen atoms in total. The van der Waals surface area contributed by atoms with Crippen LogP contribution in [0, 0.1) is 6.92 Å². The van der Waals surface area contributed by atoms with Gasteiger partial charge < -0.3 is 14.8 Å². The third-order valence-electron chi connectivity index (χ3n) is 4.17. The van der Waals surface area contributed by atoms with E-state index >= 15 is 0 Å². The minimum atomic E-state index is -0.519. The number of esters is 1. The van der Waals surface area contributed by atoms with Crippen LogP contribution >= 0.6 is 11.6 Å². The molecule has 1 heterocycles. The number of hydrogen-bond donors (Lipinski definition) is 1. The van der Waals surface area contributed by atoms with Crippen molar-refractivity contribution in [2.45, 2.75) is 13.5 Å². The summed E-state index contributed by atoms with van der Waals surface area (Å²) in [6.07, 6.45) is 0. The van der Waals surface area contributed by atoms with Gasteiger partial charge in [-0.25, -0.2) is 14.5 Å². The van der Waals surface area contributed by atoms with Gasteiger partial charge in [0.1, 0.15) is 17.1 Å². The molecule has 3 aromatic rings. The van der Waals surface area contributed by atoms with E-state index in [1.807, 2.05) is 0 Å². The van der Waals surface area contributed by atoms with Gasteiger partial charge in [-0.2, -0.15) is 0 Å². The molecule has 0 spiro atoms. The molecular formula is C20H19ClN4O4. The van der Waals surface area contributed by atoms with E-state index in [-0.39, 0.29) is 17.9 Å². The van der Waals surface area contributed by atoms with Crippen LogP contribution in [0.5, 0.6) is 5.75 Å². The molecule has 150 valence electrons. The molecule has 9 heteroatoms. The molecule has 2 aromatic carbocycles. The van der Waals surface area contributed by atoms with Crippen molar-refractivity contribution in [2.24, 2.45) is 0 Å². The van der Waals surface area contributed by atoms with Gasteiger partial charge >= 0.3 is 5.97 Å². The van der Waals surface area contributed by atoms with Crippen LogP contribution in [0.4, 0.5) is 0 Å². The van der Waals surface area contributed by atoms with Gasteiger partial charge in [0.25, 0.3) is 5.91 Å². The standard InChI is InChI=1S/C20H19ClN4O4/c1-12-23-18(24-25(12)15-7-5-14(21)6-8-15)19(26)22-11-13-4-9-17(28-2)16(10-13)20(27)29-3/h4-10H,11H2,1-3H3,(H,22,26). The fraction of sp³-hybridized carbons (Fsp3) is 0.200. The summed E-state index contributed by atoms with van der Waals surface area (Å²) in [5.41, 5.74) is 1.73. The summed E-state index contributed by atoms with van der Waals surface area (Å²) in [5, 5.41) is 7.62. The van der Waals surface area contributed by atoms with Crippen LogP contribution in [-0.2, 0) is 11.3 Å². The molecule has 0 fully saturated rings. The average Bonchev–Trinajstić information content (AvgIpc) is 3.13. The summed E-state index contributed by atoms with van der Waals surface area (Å²) in [6.45, 7) is 1.94. The van der Waals surface area contributed by atoms with E-state index in [9.17, 15) is 9.59 Å².